The Morgan fingerprint density at radius 1 is 1.00 bits per heavy atom. The third-order valence-corrected chi connectivity index (χ3v) is 2.32. The molecule has 0 aromatic heterocycles. The Balaban J connectivity index is 0. The molecule has 0 aliphatic carbocycles. The Kier molecular flexibility index (Phi) is 3.90. The maximum atomic E-state index is 9.51. The molecule has 1 aromatic carbocycles. The van der Waals surface area contributed by atoms with Crippen LogP contribution in [0.1, 0.15) is 23.7 Å². The second kappa shape index (κ2) is 4.03. The summed E-state index contributed by atoms with van der Waals surface area (Å²) in [6.45, 7) is 7.97. The number of rotatable bonds is 0. The summed E-state index contributed by atoms with van der Waals surface area (Å²) in [6.07, 6.45) is 0. The summed E-state index contributed by atoms with van der Waals surface area (Å²) in [5, 5.41) is 9.51. The van der Waals surface area contributed by atoms with E-state index in [9.17, 15) is 5.11 Å². The quantitative estimate of drug-likeness (QED) is 0.516. The molecule has 1 nitrogen and oxygen atoms in total. The molecule has 0 unspecified atom stereocenters. The molecular formula is C10H15LiO. The van der Waals surface area contributed by atoms with Crippen molar-refractivity contribution in [2.45, 2.75) is 27.7 Å². The molecule has 0 amide bonds. The molecule has 0 radical (unpaired) electrons. The fourth-order valence-electron chi connectivity index (χ4n) is 1.27. The predicted octanol–water partition coefficient (Wildman–Crippen LogP) is -0.258. The minimum absolute atomic E-state index is 0. The Hall–Kier alpha value is -0.383. The van der Waals surface area contributed by atoms with Crippen molar-refractivity contribution in [3.8, 4) is 5.75 Å². The molecule has 0 heterocycles. The van der Waals surface area contributed by atoms with Gasteiger partial charge in [0.2, 0.25) is 0 Å². The van der Waals surface area contributed by atoms with Crippen LogP contribution in [-0.4, -0.2) is 5.11 Å². The molecule has 0 aliphatic heterocycles. The van der Waals surface area contributed by atoms with Crippen molar-refractivity contribution in [1.29, 1.82) is 0 Å². The first-order chi connectivity index (χ1) is 5.04. The Morgan fingerprint density at radius 3 is 2.00 bits per heavy atom. The van der Waals surface area contributed by atoms with E-state index in [1.165, 1.54) is 11.1 Å². The van der Waals surface area contributed by atoms with E-state index in [1.54, 1.807) is 0 Å². The van der Waals surface area contributed by atoms with Crippen molar-refractivity contribution in [3.63, 3.8) is 0 Å². The van der Waals surface area contributed by atoms with Gasteiger partial charge in [-0.2, -0.15) is 0 Å². The van der Waals surface area contributed by atoms with Gasteiger partial charge in [-0.1, -0.05) is 6.07 Å². The summed E-state index contributed by atoms with van der Waals surface area (Å²) in [5.74, 6) is 0.438. The minimum atomic E-state index is 0. The normalized spacial score (nSPS) is 9.33. The molecule has 1 aromatic rings. The van der Waals surface area contributed by atoms with E-state index in [4.69, 9.17) is 0 Å². The SMILES string of the molecule is Cc1cc(C)c(O)c(C)c1C.[H-].[Li+]. The Morgan fingerprint density at radius 2 is 1.50 bits per heavy atom. The Bertz CT molecular complexity index is 271. The molecule has 0 spiro atoms. The number of hydrogen-bond donors (Lipinski definition) is 1. The van der Waals surface area contributed by atoms with Crippen molar-refractivity contribution >= 4 is 0 Å². The van der Waals surface area contributed by atoms with Gasteiger partial charge >= 0.3 is 18.9 Å². The van der Waals surface area contributed by atoms with Crippen LogP contribution in [0.25, 0.3) is 0 Å². The monoisotopic (exact) mass is 158 g/mol. The summed E-state index contributed by atoms with van der Waals surface area (Å²) in [6, 6.07) is 2.01. The van der Waals surface area contributed by atoms with Gasteiger partial charge in [0.1, 0.15) is 5.75 Å². The van der Waals surface area contributed by atoms with Crippen LogP contribution >= 0.6 is 0 Å². The maximum Gasteiger partial charge on any atom is 1.00 e. The summed E-state index contributed by atoms with van der Waals surface area (Å²) in [5.41, 5.74) is 4.40. The first-order valence-electron chi connectivity index (χ1n) is 3.80. The average molecular weight is 158 g/mol. The molecule has 1 rings (SSSR count). The van der Waals surface area contributed by atoms with Crippen molar-refractivity contribution in [1.82, 2.24) is 0 Å². The maximum absolute atomic E-state index is 9.51. The molecule has 12 heavy (non-hydrogen) atoms. The zero-order valence-electron chi connectivity index (χ0n) is 9.52. The number of phenols is 1. The van der Waals surface area contributed by atoms with Gasteiger partial charge in [0, 0.05) is 0 Å². The molecule has 0 bridgehead atoms. The second-order valence-electron chi connectivity index (χ2n) is 3.11. The van der Waals surface area contributed by atoms with Crippen LogP contribution in [0.15, 0.2) is 6.07 Å². The van der Waals surface area contributed by atoms with Gasteiger partial charge in [-0.3, -0.25) is 0 Å². The van der Waals surface area contributed by atoms with Gasteiger partial charge in [0.25, 0.3) is 0 Å². The van der Waals surface area contributed by atoms with Gasteiger partial charge in [0.05, 0.1) is 0 Å². The number of hydrogen-bond acceptors (Lipinski definition) is 1. The zero-order valence-corrected chi connectivity index (χ0v) is 8.52. The van der Waals surface area contributed by atoms with Crippen LogP contribution < -0.4 is 18.9 Å². The molecule has 0 saturated heterocycles. The molecular weight excluding hydrogens is 143 g/mol. The summed E-state index contributed by atoms with van der Waals surface area (Å²) < 4.78 is 0. The van der Waals surface area contributed by atoms with Crippen LogP contribution in [0.4, 0.5) is 0 Å². The largest absolute Gasteiger partial charge is 1.00 e. The fraction of sp³-hybridized carbons (Fsp3) is 0.400. The van der Waals surface area contributed by atoms with Gasteiger partial charge in [0.15, 0.2) is 0 Å². The van der Waals surface area contributed by atoms with Crippen LogP contribution in [0, 0.1) is 27.7 Å². The van der Waals surface area contributed by atoms with E-state index >= 15 is 0 Å². The zero-order chi connectivity index (χ0) is 8.59. The summed E-state index contributed by atoms with van der Waals surface area (Å²) >= 11 is 0. The smallest absolute Gasteiger partial charge is 1.00 e. The average Bonchev–Trinajstić information content (AvgIpc) is 1.97. The molecule has 1 N–H and O–H groups in total. The number of phenolic OH excluding ortho intramolecular Hbond substituents is 1. The van der Waals surface area contributed by atoms with Gasteiger partial charge < -0.3 is 6.53 Å². The van der Waals surface area contributed by atoms with Crippen molar-refractivity contribution < 1.29 is 25.4 Å². The van der Waals surface area contributed by atoms with E-state index in [0.717, 1.165) is 11.1 Å². The van der Waals surface area contributed by atoms with Crippen LogP contribution in [0.2, 0.25) is 0 Å². The van der Waals surface area contributed by atoms with E-state index in [0.29, 0.717) is 5.75 Å². The first kappa shape index (κ1) is 11.6. The fourth-order valence-corrected chi connectivity index (χ4v) is 1.27. The third-order valence-electron chi connectivity index (χ3n) is 2.32. The summed E-state index contributed by atoms with van der Waals surface area (Å²) in [4.78, 5) is 0. The first-order valence-corrected chi connectivity index (χ1v) is 3.80. The molecule has 0 aliphatic rings. The Labute approximate surface area is 87.5 Å². The van der Waals surface area contributed by atoms with Crippen molar-refractivity contribution in [2.75, 3.05) is 0 Å². The van der Waals surface area contributed by atoms with Gasteiger partial charge in [-0.25, -0.2) is 0 Å². The van der Waals surface area contributed by atoms with Crippen molar-refractivity contribution in [3.05, 3.63) is 28.3 Å². The third kappa shape index (κ3) is 1.86. The van der Waals surface area contributed by atoms with Crippen LogP contribution in [-0.2, 0) is 0 Å². The molecule has 2 heteroatoms. The van der Waals surface area contributed by atoms with Gasteiger partial charge in [-0.15, -0.1) is 0 Å². The van der Waals surface area contributed by atoms with E-state index < -0.39 is 0 Å². The predicted molar refractivity (Wildman–Crippen MR) is 48.2 cm³/mol. The second-order valence-corrected chi connectivity index (χ2v) is 3.11. The van der Waals surface area contributed by atoms with Gasteiger partial charge in [-0.05, 0) is 49.9 Å². The van der Waals surface area contributed by atoms with Crippen LogP contribution in [0.3, 0.4) is 0 Å². The standard InChI is InChI=1S/C10H14O.Li.H/c1-6-5-7(2)10(11)9(4)8(6)3;;/h5,11H,1-4H3;;/q;+1;-1. The topological polar surface area (TPSA) is 20.2 Å². The minimum Gasteiger partial charge on any atom is -1.00 e. The van der Waals surface area contributed by atoms with E-state index in [-0.39, 0.29) is 20.3 Å². The van der Waals surface area contributed by atoms with Crippen molar-refractivity contribution in [2.24, 2.45) is 0 Å². The number of benzene rings is 1. The molecule has 0 atom stereocenters. The molecule has 0 fully saturated rings. The molecule has 0 saturated carbocycles. The number of aromatic hydroxyl groups is 1. The number of aryl methyl sites for hydroxylation is 2. The summed E-state index contributed by atoms with van der Waals surface area (Å²) in [7, 11) is 0. The molecule has 62 valence electrons. The van der Waals surface area contributed by atoms with Crippen LogP contribution in [0.5, 0.6) is 5.75 Å². The van der Waals surface area contributed by atoms with E-state index in [1.807, 2.05) is 26.8 Å². The van der Waals surface area contributed by atoms with E-state index in [2.05, 4.69) is 6.92 Å².